The second kappa shape index (κ2) is 9.36. The van der Waals surface area contributed by atoms with Crippen molar-refractivity contribution in [1.82, 2.24) is 9.88 Å². The van der Waals surface area contributed by atoms with Gasteiger partial charge in [0.25, 0.3) is 5.91 Å². The van der Waals surface area contributed by atoms with Gasteiger partial charge < -0.3 is 15.3 Å². The molecule has 3 aromatic rings. The fourth-order valence-electron chi connectivity index (χ4n) is 4.05. The number of aromatic nitrogens is 1. The van der Waals surface area contributed by atoms with E-state index < -0.39 is 5.97 Å². The van der Waals surface area contributed by atoms with Crippen LogP contribution in [0, 0.1) is 6.92 Å². The Morgan fingerprint density at radius 2 is 1.75 bits per heavy atom. The van der Waals surface area contributed by atoms with Crippen LogP contribution in [0.3, 0.4) is 0 Å². The van der Waals surface area contributed by atoms with Gasteiger partial charge in [-0.3, -0.25) is 9.69 Å². The third kappa shape index (κ3) is 4.73. The summed E-state index contributed by atoms with van der Waals surface area (Å²) in [6, 6.07) is 14.1. The van der Waals surface area contributed by atoms with E-state index in [1.165, 1.54) is 0 Å². The van der Waals surface area contributed by atoms with Crippen LogP contribution >= 0.6 is 0 Å². The Labute approximate surface area is 187 Å². The van der Waals surface area contributed by atoms with Crippen molar-refractivity contribution in [3.63, 3.8) is 0 Å². The Morgan fingerprint density at radius 1 is 1.03 bits per heavy atom. The average molecular weight is 433 g/mol. The zero-order valence-corrected chi connectivity index (χ0v) is 18.5. The number of amides is 1. The number of fused-ring (bicyclic) bond motifs is 1. The summed E-state index contributed by atoms with van der Waals surface area (Å²) in [5.41, 5.74) is 2.95. The number of carbonyl (C=O) groups is 2. The Bertz CT molecular complexity index is 1140. The second-order valence-corrected chi connectivity index (χ2v) is 8.21. The van der Waals surface area contributed by atoms with E-state index in [2.05, 4.69) is 22.0 Å². The van der Waals surface area contributed by atoms with Crippen molar-refractivity contribution in [1.29, 1.82) is 0 Å². The maximum atomic E-state index is 12.6. The fraction of sp³-hybridized carbons (Fsp3) is 0.320. The van der Waals surface area contributed by atoms with Gasteiger partial charge in [-0.25, -0.2) is 9.78 Å². The zero-order valence-electron chi connectivity index (χ0n) is 18.5. The summed E-state index contributed by atoms with van der Waals surface area (Å²) in [4.78, 5) is 33.9. The molecule has 1 amide bonds. The Balaban J connectivity index is 1.60. The molecule has 32 heavy (non-hydrogen) atoms. The molecule has 4 rings (SSSR count). The molecule has 0 saturated carbocycles. The number of nitrogens with one attached hydrogen (secondary N) is 1. The first-order chi connectivity index (χ1) is 15.4. The van der Waals surface area contributed by atoms with Gasteiger partial charge in [0.2, 0.25) is 0 Å². The van der Waals surface area contributed by atoms with Gasteiger partial charge in [-0.05, 0) is 56.3 Å². The van der Waals surface area contributed by atoms with E-state index in [1.807, 2.05) is 19.1 Å². The highest BCUT2D eigenvalue weighted by Crippen LogP contribution is 2.27. The number of hydrogen-bond donors (Lipinski definition) is 2. The van der Waals surface area contributed by atoms with Gasteiger partial charge in [0.15, 0.2) is 0 Å². The number of hydrogen-bond acceptors (Lipinski definition) is 5. The van der Waals surface area contributed by atoms with E-state index in [0.717, 1.165) is 44.7 Å². The molecule has 1 aliphatic heterocycles. The van der Waals surface area contributed by atoms with E-state index in [9.17, 15) is 14.7 Å². The summed E-state index contributed by atoms with van der Waals surface area (Å²) in [6.45, 7) is 8.75. The summed E-state index contributed by atoms with van der Waals surface area (Å²) < 4.78 is 0. The maximum absolute atomic E-state index is 12.6. The predicted molar refractivity (Wildman–Crippen MR) is 127 cm³/mol. The maximum Gasteiger partial charge on any atom is 0.336 e. The van der Waals surface area contributed by atoms with Crippen LogP contribution in [0.5, 0.6) is 0 Å². The molecule has 0 bridgehead atoms. The quantitative estimate of drug-likeness (QED) is 0.612. The monoisotopic (exact) mass is 432 g/mol. The molecule has 1 fully saturated rings. The van der Waals surface area contributed by atoms with Gasteiger partial charge in [0.05, 0.1) is 11.1 Å². The van der Waals surface area contributed by atoms with Gasteiger partial charge in [-0.2, -0.15) is 0 Å². The molecule has 1 aliphatic rings. The zero-order chi connectivity index (χ0) is 22.7. The molecule has 0 unspecified atom stereocenters. The lowest BCUT2D eigenvalue weighted by atomic mass is 10.1. The van der Waals surface area contributed by atoms with Crippen molar-refractivity contribution < 1.29 is 14.7 Å². The molecule has 0 radical (unpaired) electrons. The van der Waals surface area contributed by atoms with Crippen LogP contribution < -0.4 is 10.2 Å². The topological polar surface area (TPSA) is 85.8 Å². The number of anilines is 2. The Morgan fingerprint density at radius 3 is 2.41 bits per heavy atom. The van der Waals surface area contributed by atoms with Crippen LogP contribution in [0.2, 0.25) is 0 Å². The SMILES string of the molecule is CCCN1CCN(c2cc(C(=O)O)c3cc(NC(=O)c4ccc(C)cc4)ccc3n2)CC1. The Kier molecular flexibility index (Phi) is 6.37. The summed E-state index contributed by atoms with van der Waals surface area (Å²) >= 11 is 0. The van der Waals surface area contributed by atoms with Gasteiger partial charge in [-0.1, -0.05) is 24.6 Å². The molecule has 0 aliphatic carbocycles. The Hall–Kier alpha value is -3.45. The third-order valence-electron chi connectivity index (χ3n) is 5.83. The molecule has 7 nitrogen and oxygen atoms in total. The van der Waals surface area contributed by atoms with E-state index in [1.54, 1.807) is 36.4 Å². The second-order valence-electron chi connectivity index (χ2n) is 8.21. The van der Waals surface area contributed by atoms with Crippen molar-refractivity contribution in [2.24, 2.45) is 0 Å². The van der Waals surface area contributed by atoms with Crippen molar-refractivity contribution in [3.05, 3.63) is 65.2 Å². The minimum atomic E-state index is -1.01. The molecule has 0 spiro atoms. The van der Waals surface area contributed by atoms with E-state index in [4.69, 9.17) is 4.98 Å². The number of aromatic carboxylic acids is 1. The molecule has 0 atom stereocenters. The number of piperazine rings is 1. The van der Waals surface area contributed by atoms with Crippen molar-refractivity contribution in [2.75, 3.05) is 42.9 Å². The minimum Gasteiger partial charge on any atom is -0.478 e. The number of benzene rings is 2. The number of nitrogens with zero attached hydrogens (tertiary/aromatic N) is 3. The molecule has 166 valence electrons. The molecule has 1 aromatic heterocycles. The largest absolute Gasteiger partial charge is 0.478 e. The van der Waals surface area contributed by atoms with E-state index >= 15 is 0 Å². The van der Waals surface area contributed by atoms with E-state index in [0.29, 0.717) is 28.0 Å². The molecular formula is C25H28N4O3. The minimum absolute atomic E-state index is 0.187. The fourth-order valence-corrected chi connectivity index (χ4v) is 4.05. The lowest BCUT2D eigenvalue weighted by Crippen LogP contribution is -2.46. The van der Waals surface area contributed by atoms with Crippen molar-refractivity contribution >= 4 is 34.3 Å². The van der Waals surface area contributed by atoms with E-state index in [-0.39, 0.29) is 11.5 Å². The van der Waals surface area contributed by atoms with Gasteiger partial charge in [0.1, 0.15) is 5.82 Å². The highest BCUT2D eigenvalue weighted by Gasteiger charge is 2.20. The number of carboxylic acid groups (broad SMARTS) is 1. The van der Waals surface area contributed by atoms with Crippen LogP contribution in [-0.4, -0.2) is 59.6 Å². The van der Waals surface area contributed by atoms with Crippen LogP contribution in [0.1, 0.15) is 39.6 Å². The normalized spacial score (nSPS) is 14.5. The molecule has 2 heterocycles. The molecule has 7 heteroatoms. The summed E-state index contributed by atoms with van der Waals surface area (Å²) in [6.07, 6.45) is 1.13. The van der Waals surface area contributed by atoms with Crippen molar-refractivity contribution in [2.45, 2.75) is 20.3 Å². The molecule has 2 N–H and O–H groups in total. The first-order valence-corrected chi connectivity index (χ1v) is 11.0. The number of rotatable bonds is 6. The number of carboxylic acids is 1. The van der Waals surface area contributed by atoms with Gasteiger partial charge >= 0.3 is 5.97 Å². The van der Waals surface area contributed by atoms with Crippen LogP contribution in [0.25, 0.3) is 10.9 Å². The number of carbonyl (C=O) groups excluding carboxylic acids is 1. The standard InChI is InChI=1S/C25H28N4O3/c1-3-10-28-11-13-29(14-12-28)23-16-21(25(31)32)20-15-19(8-9-22(20)27-23)26-24(30)18-6-4-17(2)5-7-18/h4-9,15-16H,3,10-14H2,1-2H3,(H,26,30)(H,31,32). The first kappa shape index (κ1) is 21.8. The smallest absolute Gasteiger partial charge is 0.336 e. The molecular weight excluding hydrogens is 404 g/mol. The van der Waals surface area contributed by atoms with Gasteiger partial charge in [-0.15, -0.1) is 0 Å². The summed E-state index contributed by atoms with van der Waals surface area (Å²) in [7, 11) is 0. The number of aryl methyl sites for hydroxylation is 1. The first-order valence-electron chi connectivity index (χ1n) is 11.0. The molecule has 2 aromatic carbocycles. The molecule has 1 saturated heterocycles. The highest BCUT2D eigenvalue weighted by molar-refractivity contribution is 6.08. The predicted octanol–water partition coefficient (Wildman–Crippen LogP) is 4.03. The van der Waals surface area contributed by atoms with Gasteiger partial charge in [0, 0.05) is 42.8 Å². The lowest BCUT2D eigenvalue weighted by Gasteiger charge is -2.35. The van der Waals surface area contributed by atoms with Crippen molar-refractivity contribution in [3.8, 4) is 0 Å². The highest BCUT2D eigenvalue weighted by atomic mass is 16.4. The van der Waals surface area contributed by atoms with Crippen LogP contribution in [-0.2, 0) is 0 Å². The lowest BCUT2D eigenvalue weighted by molar-refractivity contribution is 0.0698. The average Bonchev–Trinajstić information content (AvgIpc) is 2.79. The van der Waals surface area contributed by atoms with Crippen LogP contribution in [0.4, 0.5) is 11.5 Å². The number of pyridine rings is 1. The summed E-state index contributed by atoms with van der Waals surface area (Å²) in [5.74, 6) is -0.566. The third-order valence-corrected chi connectivity index (χ3v) is 5.83. The van der Waals surface area contributed by atoms with Crippen LogP contribution in [0.15, 0.2) is 48.5 Å². The summed E-state index contributed by atoms with van der Waals surface area (Å²) in [5, 5.41) is 13.2.